The molecule has 124 valence electrons. The maximum atomic E-state index is 9.19. The lowest BCUT2D eigenvalue weighted by atomic mass is 10.1. The van der Waals surface area contributed by atoms with Gasteiger partial charge in [-0.1, -0.05) is 0 Å². The molecule has 1 aliphatic rings. The third-order valence-electron chi connectivity index (χ3n) is 3.73. The molecule has 0 aromatic heterocycles. The van der Waals surface area contributed by atoms with E-state index in [1.165, 1.54) is 0 Å². The van der Waals surface area contributed by atoms with Crippen molar-refractivity contribution < 1.29 is 9.47 Å². The first-order valence-electron chi connectivity index (χ1n) is 7.92. The minimum absolute atomic E-state index is 0.551. The number of benzene rings is 1. The Morgan fingerprint density at radius 2 is 2.22 bits per heavy atom. The second kappa shape index (κ2) is 9.13. The van der Waals surface area contributed by atoms with Gasteiger partial charge in [-0.3, -0.25) is 4.90 Å². The van der Waals surface area contributed by atoms with Gasteiger partial charge in [-0.15, -0.1) is 0 Å². The van der Waals surface area contributed by atoms with E-state index in [1.54, 1.807) is 13.4 Å². The van der Waals surface area contributed by atoms with Crippen molar-refractivity contribution in [2.24, 2.45) is 4.99 Å². The number of nitrogens with zero attached hydrogens (tertiary/aromatic N) is 3. The highest BCUT2D eigenvalue weighted by Crippen LogP contribution is 2.28. The van der Waals surface area contributed by atoms with Gasteiger partial charge in [-0.25, -0.2) is 4.99 Å². The molecule has 6 nitrogen and oxygen atoms in total. The Bertz CT molecular complexity index is 575. The number of aryl methyl sites for hydroxylation is 1. The van der Waals surface area contributed by atoms with E-state index in [4.69, 9.17) is 9.47 Å². The Labute approximate surface area is 137 Å². The van der Waals surface area contributed by atoms with E-state index in [0.717, 1.165) is 50.6 Å². The number of morpholine rings is 1. The summed E-state index contributed by atoms with van der Waals surface area (Å²) in [5, 5.41) is 12.0. The van der Waals surface area contributed by atoms with Crippen LogP contribution in [0.2, 0.25) is 0 Å². The first-order chi connectivity index (χ1) is 11.2. The van der Waals surface area contributed by atoms with Crippen LogP contribution < -0.4 is 10.1 Å². The Morgan fingerprint density at radius 1 is 1.43 bits per heavy atom. The zero-order valence-corrected chi connectivity index (χ0v) is 13.8. The molecule has 1 heterocycles. The van der Waals surface area contributed by atoms with Crippen LogP contribution in [0.1, 0.15) is 17.5 Å². The van der Waals surface area contributed by atoms with Crippen LogP contribution >= 0.6 is 0 Å². The van der Waals surface area contributed by atoms with Crippen molar-refractivity contribution in [3.63, 3.8) is 0 Å². The average Bonchev–Trinajstić information content (AvgIpc) is 2.59. The maximum Gasteiger partial charge on any atom is 0.124 e. The Balaban J connectivity index is 1.91. The summed E-state index contributed by atoms with van der Waals surface area (Å²) in [6.07, 6.45) is 2.53. The van der Waals surface area contributed by atoms with E-state index in [2.05, 4.69) is 21.3 Å². The number of nitrogens with one attached hydrogen (secondary N) is 1. The van der Waals surface area contributed by atoms with Crippen LogP contribution in [0.4, 0.5) is 5.69 Å². The molecular formula is C17H24N4O2. The van der Waals surface area contributed by atoms with Gasteiger partial charge in [0.05, 0.1) is 37.4 Å². The molecule has 0 spiro atoms. The second-order valence-corrected chi connectivity index (χ2v) is 5.45. The third-order valence-corrected chi connectivity index (χ3v) is 3.73. The Hall–Kier alpha value is -2.10. The Morgan fingerprint density at radius 3 is 2.91 bits per heavy atom. The SMILES string of the molecule is CNC=Nc1cc(OCCCN2CCOCC2)c(C)cc1C#N. The highest BCUT2D eigenvalue weighted by atomic mass is 16.5. The van der Waals surface area contributed by atoms with Gasteiger partial charge in [0.1, 0.15) is 11.8 Å². The fourth-order valence-electron chi connectivity index (χ4n) is 2.46. The minimum atomic E-state index is 0.551. The number of hydrogen-bond donors (Lipinski definition) is 1. The van der Waals surface area contributed by atoms with Crippen LogP contribution in [0.15, 0.2) is 17.1 Å². The summed E-state index contributed by atoms with van der Waals surface area (Å²) in [6.45, 7) is 7.26. The molecule has 0 aliphatic carbocycles. The van der Waals surface area contributed by atoms with E-state index in [0.29, 0.717) is 17.9 Å². The molecule has 0 amide bonds. The fraction of sp³-hybridized carbons (Fsp3) is 0.529. The van der Waals surface area contributed by atoms with Gasteiger partial charge in [0.15, 0.2) is 0 Å². The first kappa shape index (κ1) is 17.3. The summed E-state index contributed by atoms with van der Waals surface area (Å²) in [5.74, 6) is 0.786. The number of hydrogen-bond acceptors (Lipinski definition) is 5. The third kappa shape index (κ3) is 5.23. The van der Waals surface area contributed by atoms with Crippen molar-refractivity contribution in [3.8, 4) is 11.8 Å². The van der Waals surface area contributed by atoms with Crippen LogP contribution in [0, 0.1) is 18.3 Å². The molecular weight excluding hydrogens is 292 g/mol. The molecule has 0 atom stereocenters. The molecule has 6 heteroatoms. The zero-order chi connectivity index (χ0) is 16.5. The largest absolute Gasteiger partial charge is 0.493 e. The molecule has 23 heavy (non-hydrogen) atoms. The van der Waals surface area contributed by atoms with Crippen molar-refractivity contribution in [1.82, 2.24) is 10.2 Å². The lowest BCUT2D eigenvalue weighted by molar-refractivity contribution is 0.0358. The van der Waals surface area contributed by atoms with E-state index < -0.39 is 0 Å². The second-order valence-electron chi connectivity index (χ2n) is 5.45. The van der Waals surface area contributed by atoms with Crippen LogP contribution in [0.5, 0.6) is 5.75 Å². The molecule has 0 bridgehead atoms. The average molecular weight is 316 g/mol. The lowest BCUT2D eigenvalue weighted by Gasteiger charge is -2.26. The van der Waals surface area contributed by atoms with E-state index >= 15 is 0 Å². The molecule has 1 fully saturated rings. The molecule has 1 saturated heterocycles. The maximum absolute atomic E-state index is 9.19. The molecule has 1 aromatic carbocycles. The predicted molar refractivity (Wildman–Crippen MR) is 90.5 cm³/mol. The Kier molecular flexibility index (Phi) is 6.85. The predicted octanol–water partition coefficient (Wildman–Crippen LogP) is 1.85. The molecule has 0 unspecified atom stereocenters. The molecule has 0 saturated carbocycles. The molecule has 1 N–H and O–H groups in total. The standard InChI is InChI=1S/C17H24N4O2/c1-14-10-15(12-18)16(20-13-19-2)11-17(14)23-7-3-4-21-5-8-22-9-6-21/h10-11,13H,3-9H2,1-2H3,(H,19,20). The van der Waals surface area contributed by atoms with Crippen LogP contribution in [0.3, 0.4) is 0 Å². The molecule has 1 aromatic rings. The van der Waals surface area contributed by atoms with Gasteiger partial charge in [-0.05, 0) is 25.0 Å². The van der Waals surface area contributed by atoms with Gasteiger partial charge >= 0.3 is 0 Å². The van der Waals surface area contributed by atoms with Gasteiger partial charge in [0.25, 0.3) is 0 Å². The first-order valence-corrected chi connectivity index (χ1v) is 7.92. The number of rotatable bonds is 7. The van der Waals surface area contributed by atoms with Crippen molar-refractivity contribution in [2.75, 3.05) is 46.5 Å². The van der Waals surface area contributed by atoms with Crippen LogP contribution in [-0.2, 0) is 4.74 Å². The topological polar surface area (TPSA) is 69.9 Å². The van der Waals surface area contributed by atoms with Gasteiger partial charge in [0.2, 0.25) is 0 Å². The summed E-state index contributed by atoms with van der Waals surface area (Å²) in [7, 11) is 1.77. The smallest absolute Gasteiger partial charge is 0.124 e. The van der Waals surface area contributed by atoms with Crippen molar-refractivity contribution >= 4 is 12.0 Å². The molecule has 1 aliphatic heterocycles. The van der Waals surface area contributed by atoms with E-state index in [-0.39, 0.29) is 0 Å². The normalized spacial score (nSPS) is 15.5. The summed E-state index contributed by atoms with van der Waals surface area (Å²) in [4.78, 5) is 6.63. The van der Waals surface area contributed by atoms with Crippen molar-refractivity contribution in [3.05, 3.63) is 23.3 Å². The molecule has 0 radical (unpaired) electrons. The van der Waals surface area contributed by atoms with Crippen LogP contribution in [0.25, 0.3) is 0 Å². The minimum Gasteiger partial charge on any atom is -0.493 e. The van der Waals surface area contributed by atoms with Crippen molar-refractivity contribution in [1.29, 1.82) is 5.26 Å². The van der Waals surface area contributed by atoms with Gasteiger partial charge in [0, 0.05) is 32.7 Å². The summed E-state index contributed by atoms with van der Waals surface area (Å²) in [6, 6.07) is 5.82. The number of ether oxygens (including phenoxy) is 2. The summed E-state index contributed by atoms with van der Waals surface area (Å²) in [5.41, 5.74) is 2.13. The van der Waals surface area contributed by atoms with Gasteiger partial charge in [-0.2, -0.15) is 5.26 Å². The van der Waals surface area contributed by atoms with E-state index in [9.17, 15) is 5.26 Å². The summed E-state index contributed by atoms with van der Waals surface area (Å²) < 4.78 is 11.2. The quantitative estimate of drug-likeness (QED) is 0.472. The lowest BCUT2D eigenvalue weighted by Crippen LogP contribution is -2.37. The van der Waals surface area contributed by atoms with E-state index in [1.807, 2.05) is 19.1 Å². The van der Waals surface area contributed by atoms with Crippen LogP contribution in [-0.4, -0.2) is 57.7 Å². The fourth-order valence-corrected chi connectivity index (χ4v) is 2.46. The molecule has 2 rings (SSSR count). The highest BCUT2D eigenvalue weighted by molar-refractivity contribution is 5.67. The van der Waals surface area contributed by atoms with Gasteiger partial charge < -0.3 is 14.8 Å². The highest BCUT2D eigenvalue weighted by Gasteiger charge is 2.10. The number of aliphatic imine (C=N–C) groups is 1. The zero-order valence-electron chi connectivity index (χ0n) is 13.8. The monoisotopic (exact) mass is 316 g/mol. The summed E-state index contributed by atoms with van der Waals surface area (Å²) >= 11 is 0. The number of nitriles is 1. The van der Waals surface area contributed by atoms with Crippen molar-refractivity contribution in [2.45, 2.75) is 13.3 Å².